The Kier molecular flexibility index (Phi) is 4.69. The summed E-state index contributed by atoms with van der Waals surface area (Å²) in [6, 6.07) is 1.03. The quantitative estimate of drug-likeness (QED) is 0.624. The van der Waals surface area contributed by atoms with Crippen LogP contribution in [0.4, 0.5) is 11.5 Å². The summed E-state index contributed by atoms with van der Waals surface area (Å²) in [5.74, 6) is -0.700. The number of rotatable bonds is 5. The Bertz CT molecular complexity index is 549. The average molecular weight is 294 g/mol. The van der Waals surface area contributed by atoms with Gasteiger partial charge >= 0.3 is 11.7 Å². The standard InChI is InChI=1S/C13H18N4O4/c1-16-4-2-3-9(8-16)6-14-12-11(17(20)21)5-10(7-15-12)13(18)19/h5,7,9H,2-4,6,8H2,1H3,(H,14,15)(H,18,19). The van der Waals surface area contributed by atoms with E-state index < -0.39 is 10.9 Å². The van der Waals surface area contributed by atoms with Crippen molar-refractivity contribution in [2.24, 2.45) is 5.92 Å². The van der Waals surface area contributed by atoms with E-state index in [4.69, 9.17) is 5.11 Å². The summed E-state index contributed by atoms with van der Waals surface area (Å²) in [5, 5.41) is 22.9. The van der Waals surface area contributed by atoms with E-state index in [1.165, 1.54) is 0 Å². The van der Waals surface area contributed by atoms with Gasteiger partial charge in [0.1, 0.15) is 0 Å². The number of pyridine rings is 1. The average Bonchev–Trinajstić information content (AvgIpc) is 2.44. The summed E-state index contributed by atoms with van der Waals surface area (Å²) < 4.78 is 0. The third-order valence-electron chi connectivity index (χ3n) is 3.59. The monoisotopic (exact) mass is 294 g/mol. The van der Waals surface area contributed by atoms with Crippen LogP contribution in [-0.2, 0) is 0 Å². The van der Waals surface area contributed by atoms with Crippen LogP contribution in [-0.4, -0.2) is 52.6 Å². The lowest BCUT2D eigenvalue weighted by atomic mass is 9.98. The number of nitrogens with zero attached hydrogens (tertiary/aromatic N) is 3. The topological polar surface area (TPSA) is 109 Å². The summed E-state index contributed by atoms with van der Waals surface area (Å²) in [6.45, 7) is 2.60. The first kappa shape index (κ1) is 15.2. The number of hydrogen-bond acceptors (Lipinski definition) is 6. The third-order valence-corrected chi connectivity index (χ3v) is 3.59. The molecular weight excluding hydrogens is 276 g/mol. The first-order valence-electron chi connectivity index (χ1n) is 6.77. The fraction of sp³-hybridized carbons (Fsp3) is 0.538. The predicted molar refractivity (Wildman–Crippen MR) is 76.6 cm³/mol. The fourth-order valence-corrected chi connectivity index (χ4v) is 2.53. The molecule has 8 nitrogen and oxygen atoms in total. The van der Waals surface area contributed by atoms with Crippen molar-refractivity contribution in [2.75, 3.05) is 32.0 Å². The van der Waals surface area contributed by atoms with Gasteiger partial charge in [-0.15, -0.1) is 0 Å². The Morgan fingerprint density at radius 1 is 1.67 bits per heavy atom. The molecule has 1 aliphatic heterocycles. The van der Waals surface area contributed by atoms with E-state index in [1.54, 1.807) is 0 Å². The number of likely N-dealkylation sites (tertiary alicyclic amines) is 1. The maximum absolute atomic E-state index is 11.0. The van der Waals surface area contributed by atoms with Crippen molar-refractivity contribution in [3.05, 3.63) is 27.9 Å². The smallest absolute Gasteiger partial charge is 0.337 e. The molecule has 0 spiro atoms. The van der Waals surface area contributed by atoms with Crippen LogP contribution in [0.2, 0.25) is 0 Å². The normalized spacial score (nSPS) is 19.2. The minimum absolute atomic E-state index is 0.123. The highest BCUT2D eigenvalue weighted by Crippen LogP contribution is 2.24. The van der Waals surface area contributed by atoms with Crippen LogP contribution >= 0.6 is 0 Å². The van der Waals surface area contributed by atoms with Crippen LogP contribution in [0.1, 0.15) is 23.2 Å². The Morgan fingerprint density at radius 2 is 2.43 bits per heavy atom. The Labute approximate surface area is 121 Å². The van der Waals surface area contributed by atoms with Crippen molar-refractivity contribution in [2.45, 2.75) is 12.8 Å². The number of piperidine rings is 1. The maximum Gasteiger partial charge on any atom is 0.337 e. The van der Waals surface area contributed by atoms with Gasteiger partial charge in [0.25, 0.3) is 0 Å². The largest absolute Gasteiger partial charge is 0.478 e. The molecule has 8 heteroatoms. The summed E-state index contributed by atoms with van der Waals surface area (Å²) >= 11 is 0. The van der Waals surface area contributed by atoms with E-state index in [0.29, 0.717) is 12.5 Å². The van der Waals surface area contributed by atoms with Crippen LogP contribution in [0.25, 0.3) is 0 Å². The maximum atomic E-state index is 11.0. The molecule has 2 heterocycles. The number of carboxylic acid groups (broad SMARTS) is 1. The second kappa shape index (κ2) is 6.49. The lowest BCUT2D eigenvalue weighted by molar-refractivity contribution is -0.384. The molecule has 1 aromatic heterocycles. The molecule has 2 N–H and O–H groups in total. The fourth-order valence-electron chi connectivity index (χ4n) is 2.53. The van der Waals surface area contributed by atoms with Gasteiger partial charge in [0.05, 0.1) is 10.5 Å². The minimum atomic E-state index is -1.23. The van der Waals surface area contributed by atoms with Gasteiger partial charge in [0.2, 0.25) is 5.82 Å². The number of aromatic carboxylic acids is 1. The zero-order valence-electron chi connectivity index (χ0n) is 11.8. The van der Waals surface area contributed by atoms with Crippen molar-refractivity contribution < 1.29 is 14.8 Å². The lowest BCUT2D eigenvalue weighted by Crippen LogP contribution is -2.35. The highest BCUT2D eigenvalue weighted by atomic mass is 16.6. The molecule has 1 aliphatic rings. The Morgan fingerprint density at radius 3 is 3.05 bits per heavy atom. The summed E-state index contributed by atoms with van der Waals surface area (Å²) in [5.41, 5.74) is -0.497. The van der Waals surface area contributed by atoms with E-state index in [9.17, 15) is 14.9 Å². The molecule has 0 bridgehead atoms. The van der Waals surface area contributed by atoms with Crippen molar-refractivity contribution in [1.29, 1.82) is 0 Å². The van der Waals surface area contributed by atoms with Crippen LogP contribution < -0.4 is 5.32 Å². The second-order valence-electron chi connectivity index (χ2n) is 5.31. The molecule has 1 saturated heterocycles. The molecule has 21 heavy (non-hydrogen) atoms. The van der Waals surface area contributed by atoms with Gasteiger partial charge in [0.15, 0.2) is 0 Å². The molecule has 0 amide bonds. The van der Waals surface area contributed by atoms with E-state index in [1.807, 2.05) is 0 Å². The molecule has 1 aromatic rings. The Balaban J connectivity index is 2.08. The molecule has 114 valence electrons. The van der Waals surface area contributed by atoms with Crippen molar-refractivity contribution >= 4 is 17.5 Å². The van der Waals surface area contributed by atoms with Crippen molar-refractivity contribution in [3.8, 4) is 0 Å². The number of aromatic nitrogens is 1. The summed E-state index contributed by atoms with van der Waals surface area (Å²) in [6.07, 6.45) is 3.30. The lowest BCUT2D eigenvalue weighted by Gasteiger charge is -2.29. The third kappa shape index (κ3) is 3.88. The molecule has 1 atom stereocenters. The first-order valence-corrected chi connectivity index (χ1v) is 6.77. The number of nitrogens with one attached hydrogen (secondary N) is 1. The number of hydrogen-bond donors (Lipinski definition) is 2. The molecule has 0 radical (unpaired) electrons. The van der Waals surface area contributed by atoms with Crippen molar-refractivity contribution in [1.82, 2.24) is 9.88 Å². The summed E-state index contributed by atoms with van der Waals surface area (Å²) in [7, 11) is 2.05. The van der Waals surface area contributed by atoms with Gasteiger partial charge in [-0.25, -0.2) is 9.78 Å². The first-order chi connectivity index (χ1) is 9.97. The number of anilines is 1. The van der Waals surface area contributed by atoms with E-state index in [0.717, 1.165) is 38.2 Å². The molecule has 2 rings (SSSR count). The van der Waals surface area contributed by atoms with Crippen molar-refractivity contribution in [3.63, 3.8) is 0 Å². The molecule has 0 saturated carbocycles. The zero-order valence-corrected chi connectivity index (χ0v) is 11.8. The van der Waals surface area contributed by atoms with Gasteiger partial charge < -0.3 is 15.3 Å². The van der Waals surface area contributed by atoms with Crippen LogP contribution in [0, 0.1) is 16.0 Å². The predicted octanol–water partition coefficient (Wildman–Crippen LogP) is 1.44. The SMILES string of the molecule is CN1CCCC(CNc2ncc(C(=O)O)cc2[N+](=O)[O-])C1. The zero-order chi connectivity index (χ0) is 15.4. The number of carboxylic acids is 1. The molecule has 1 unspecified atom stereocenters. The van der Waals surface area contributed by atoms with Gasteiger partial charge in [-0.1, -0.05) is 0 Å². The molecular formula is C13H18N4O4. The summed E-state index contributed by atoms with van der Waals surface area (Å²) in [4.78, 5) is 27.4. The molecule has 1 fully saturated rings. The molecule has 0 aliphatic carbocycles. The number of carbonyl (C=O) groups is 1. The van der Waals surface area contributed by atoms with Crippen LogP contribution in [0.3, 0.4) is 0 Å². The van der Waals surface area contributed by atoms with E-state index in [-0.39, 0.29) is 17.1 Å². The van der Waals surface area contributed by atoms with Gasteiger partial charge in [0, 0.05) is 25.4 Å². The Hall–Kier alpha value is -2.22. The number of nitro groups is 1. The second-order valence-corrected chi connectivity index (χ2v) is 5.31. The van der Waals surface area contributed by atoms with E-state index in [2.05, 4.69) is 22.2 Å². The van der Waals surface area contributed by atoms with Crippen LogP contribution in [0.5, 0.6) is 0 Å². The highest BCUT2D eigenvalue weighted by Gasteiger charge is 2.21. The minimum Gasteiger partial charge on any atom is -0.478 e. The van der Waals surface area contributed by atoms with E-state index >= 15 is 0 Å². The van der Waals surface area contributed by atoms with Gasteiger partial charge in [-0.05, 0) is 32.4 Å². The van der Waals surface area contributed by atoms with Crippen LogP contribution in [0.15, 0.2) is 12.3 Å². The van der Waals surface area contributed by atoms with Gasteiger partial charge in [-0.3, -0.25) is 10.1 Å². The highest BCUT2D eigenvalue weighted by molar-refractivity contribution is 5.88. The van der Waals surface area contributed by atoms with Gasteiger partial charge in [-0.2, -0.15) is 0 Å². The molecule has 0 aromatic carbocycles.